The minimum Gasteiger partial charge on any atom is -0.356 e. The van der Waals surface area contributed by atoms with Crippen LogP contribution in [-0.2, 0) is 14.3 Å². The molecular formula is C23H28N4O3. The summed E-state index contributed by atoms with van der Waals surface area (Å²) in [6.45, 7) is 4.37. The van der Waals surface area contributed by atoms with Crippen LogP contribution in [0.25, 0.3) is 11.3 Å². The molecule has 158 valence electrons. The Bertz CT molecular complexity index is 875. The number of nitrogens with zero attached hydrogens (tertiary/aromatic N) is 4. The van der Waals surface area contributed by atoms with Gasteiger partial charge in [-0.3, -0.25) is 4.79 Å². The van der Waals surface area contributed by atoms with Gasteiger partial charge in [-0.25, -0.2) is 9.97 Å². The first-order chi connectivity index (χ1) is 14.7. The molecule has 3 saturated heterocycles. The molecule has 0 N–H and O–H groups in total. The standard InChI is InChI=1S/C23H28N4O3/c28-22(26-11-8-23(9-12-26)29-13-14-30-23)19-7-4-10-27(16-19)21-15-20(24-17-25-21)18-5-2-1-3-6-18/h1-3,5-6,15,17,19H,4,7-14,16H2. The van der Waals surface area contributed by atoms with Crippen molar-refractivity contribution >= 4 is 11.7 Å². The number of carbonyl (C=O) groups is 1. The van der Waals surface area contributed by atoms with Gasteiger partial charge < -0.3 is 19.3 Å². The predicted molar refractivity (Wildman–Crippen MR) is 113 cm³/mol. The van der Waals surface area contributed by atoms with Gasteiger partial charge in [-0.2, -0.15) is 0 Å². The van der Waals surface area contributed by atoms with E-state index in [-0.39, 0.29) is 11.8 Å². The molecule has 4 heterocycles. The highest BCUT2D eigenvalue weighted by molar-refractivity contribution is 5.80. The molecule has 3 aliphatic rings. The molecule has 7 nitrogen and oxygen atoms in total. The Hall–Kier alpha value is -2.51. The molecule has 0 saturated carbocycles. The molecular weight excluding hydrogens is 380 g/mol. The van der Waals surface area contributed by atoms with Crippen LogP contribution in [0.5, 0.6) is 0 Å². The van der Waals surface area contributed by atoms with Crippen molar-refractivity contribution in [3.63, 3.8) is 0 Å². The van der Waals surface area contributed by atoms with Gasteiger partial charge in [-0.05, 0) is 12.8 Å². The van der Waals surface area contributed by atoms with Gasteiger partial charge in [0.05, 0.1) is 24.8 Å². The Morgan fingerprint density at radius 1 is 1.03 bits per heavy atom. The molecule has 1 spiro atoms. The number of aromatic nitrogens is 2. The van der Waals surface area contributed by atoms with E-state index in [1.54, 1.807) is 6.33 Å². The zero-order valence-electron chi connectivity index (χ0n) is 17.2. The zero-order chi connectivity index (χ0) is 20.4. The van der Waals surface area contributed by atoms with Crippen molar-refractivity contribution in [2.75, 3.05) is 44.3 Å². The maximum Gasteiger partial charge on any atom is 0.227 e. The minimum atomic E-state index is -0.440. The SMILES string of the molecule is O=C(C1CCCN(c2cc(-c3ccccc3)ncn2)C1)N1CCC2(CC1)OCCO2. The van der Waals surface area contributed by atoms with Crippen LogP contribution in [0.2, 0.25) is 0 Å². The van der Waals surface area contributed by atoms with E-state index in [2.05, 4.69) is 27.0 Å². The van der Waals surface area contributed by atoms with Gasteiger partial charge in [0.2, 0.25) is 5.91 Å². The zero-order valence-corrected chi connectivity index (χ0v) is 17.2. The summed E-state index contributed by atoms with van der Waals surface area (Å²) >= 11 is 0. The highest BCUT2D eigenvalue weighted by Crippen LogP contribution is 2.33. The Labute approximate surface area is 177 Å². The molecule has 30 heavy (non-hydrogen) atoms. The lowest BCUT2D eigenvalue weighted by atomic mass is 9.94. The number of hydrogen-bond acceptors (Lipinski definition) is 6. The molecule has 1 atom stereocenters. The van der Waals surface area contributed by atoms with Crippen LogP contribution < -0.4 is 4.90 Å². The van der Waals surface area contributed by atoms with Crippen LogP contribution in [0.15, 0.2) is 42.7 Å². The summed E-state index contributed by atoms with van der Waals surface area (Å²) in [5, 5.41) is 0. The topological polar surface area (TPSA) is 67.8 Å². The van der Waals surface area contributed by atoms with Crippen molar-refractivity contribution in [2.45, 2.75) is 31.5 Å². The normalized spacial score (nSPS) is 23.7. The predicted octanol–water partition coefficient (Wildman–Crippen LogP) is 2.73. The van der Waals surface area contributed by atoms with E-state index >= 15 is 0 Å². The van der Waals surface area contributed by atoms with Crippen LogP contribution in [0.3, 0.4) is 0 Å². The summed E-state index contributed by atoms with van der Waals surface area (Å²) in [5.74, 6) is 0.717. The molecule has 5 rings (SSSR count). The van der Waals surface area contributed by atoms with Crippen molar-refractivity contribution in [3.8, 4) is 11.3 Å². The van der Waals surface area contributed by atoms with E-state index in [9.17, 15) is 4.79 Å². The second kappa shape index (κ2) is 8.32. The summed E-state index contributed by atoms with van der Waals surface area (Å²) in [7, 11) is 0. The average Bonchev–Trinajstić information content (AvgIpc) is 3.28. The third kappa shape index (κ3) is 3.91. The number of anilines is 1. The molecule has 3 fully saturated rings. The quantitative estimate of drug-likeness (QED) is 0.778. The lowest BCUT2D eigenvalue weighted by Crippen LogP contribution is -2.51. The first-order valence-corrected chi connectivity index (χ1v) is 10.9. The fourth-order valence-corrected chi connectivity index (χ4v) is 4.79. The summed E-state index contributed by atoms with van der Waals surface area (Å²) < 4.78 is 11.6. The van der Waals surface area contributed by atoms with E-state index in [1.165, 1.54) is 0 Å². The van der Waals surface area contributed by atoms with Crippen molar-refractivity contribution in [1.29, 1.82) is 0 Å². The smallest absolute Gasteiger partial charge is 0.227 e. The Morgan fingerprint density at radius 3 is 2.57 bits per heavy atom. The number of likely N-dealkylation sites (tertiary alicyclic amines) is 1. The number of ether oxygens (including phenoxy) is 2. The fourth-order valence-electron chi connectivity index (χ4n) is 4.79. The van der Waals surface area contributed by atoms with Gasteiger partial charge in [0.15, 0.2) is 5.79 Å². The van der Waals surface area contributed by atoms with Crippen LogP contribution in [0.1, 0.15) is 25.7 Å². The Balaban J connectivity index is 1.24. The molecule has 7 heteroatoms. The van der Waals surface area contributed by atoms with Gasteiger partial charge in [-0.15, -0.1) is 0 Å². The van der Waals surface area contributed by atoms with Crippen LogP contribution in [0.4, 0.5) is 5.82 Å². The molecule has 2 aromatic rings. The lowest BCUT2D eigenvalue weighted by molar-refractivity contribution is -0.188. The number of piperidine rings is 2. The molecule has 0 aliphatic carbocycles. The third-order valence-corrected chi connectivity index (χ3v) is 6.47. The monoisotopic (exact) mass is 408 g/mol. The van der Waals surface area contributed by atoms with E-state index in [0.29, 0.717) is 32.8 Å². The first kappa shape index (κ1) is 19.5. The van der Waals surface area contributed by atoms with Crippen molar-refractivity contribution < 1.29 is 14.3 Å². The Morgan fingerprint density at radius 2 is 1.80 bits per heavy atom. The van der Waals surface area contributed by atoms with Crippen LogP contribution in [-0.4, -0.2) is 66.0 Å². The maximum atomic E-state index is 13.2. The van der Waals surface area contributed by atoms with Gasteiger partial charge in [0.1, 0.15) is 12.1 Å². The molecule has 1 aromatic carbocycles. The first-order valence-electron chi connectivity index (χ1n) is 10.9. The van der Waals surface area contributed by atoms with E-state index in [4.69, 9.17) is 9.47 Å². The molecule has 3 aliphatic heterocycles. The molecule has 1 aromatic heterocycles. The van der Waals surface area contributed by atoms with E-state index in [1.807, 2.05) is 29.2 Å². The van der Waals surface area contributed by atoms with Gasteiger partial charge in [0.25, 0.3) is 0 Å². The van der Waals surface area contributed by atoms with E-state index in [0.717, 1.165) is 49.3 Å². The lowest BCUT2D eigenvalue weighted by Gasteiger charge is -2.40. The molecule has 1 unspecified atom stereocenters. The molecule has 1 amide bonds. The number of carbonyl (C=O) groups excluding carboxylic acids is 1. The summed E-state index contributed by atoms with van der Waals surface area (Å²) in [6, 6.07) is 12.2. The third-order valence-electron chi connectivity index (χ3n) is 6.47. The summed E-state index contributed by atoms with van der Waals surface area (Å²) in [5.41, 5.74) is 1.98. The Kier molecular flexibility index (Phi) is 5.39. The summed E-state index contributed by atoms with van der Waals surface area (Å²) in [6.07, 6.45) is 5.07. The number of benzene rings is 1. The number of amides is 1. The highest BCUT2D eigenvalue weighted by Gasteiger charge is 2.42. The molecule has 0 bridgehead atoms. The second-order valence-corrected chi connectivity index (χ2v) is 8.35. The van der Waals surface area contributed by atoms with Crippen molar-refractivity contribution in [3.05, 3.63) is 42.7 Å². The minimum absolute atomic E-state index is 0.00774. The van der Waals surface area contributed by atoms with Crippen LogP contribution in [0, 0.1) is 5.92 Å². The van der Waals surface area contributed by atoms with Crippen LogP contribution >= 0.6 is 0 Å². The number of rotatable bonds is 3. The summed E-state index contributed by atoms with van der Waals surface area (Å²) in [4.78, 5) is 26.4. The number of hydrogen-bond donors (Lipinski definition) is 0. The highest BCUT2D eigenvalue weighted by atomic mass is 16.7. The van der Waals surface area contributed by atoms with Gasteiger partial charge in [0, 0.05) is 50.7 Å². The van der Waals surface area contributed by atoms with Crippen molar-refractivity contribution in [1.82, 2.24) is 14.9 Å². The van der Waals surface area contributed by atoms with Gasteiger partial charge >= 0.3 is 0 Å². The second-order valence-electron chi connectivity index (χ2n) is 8.35. The fraction of sp³-hybridized carbons (Fsp3) is 0.522. The molecule has 0 radical (unpaired) electrons. The van der Waals surface area contributed by atoms with Crippen molar-refractivity contribution in [2.24, 2.45) is 5.92 Å². The average molecular weight is 409 g/mol. The maximum absolute atomic E-state index is 13.2. The van der Waals surface area contributed by atoms with E-state index < -0.39 is 5.79 Å². The van der Waals surface area contributed by atoms with Gasteiger partial charge in [-0.1, -0.05) is 30.3 Å². The largest absolute Gasteiger partial charge is 0.356 e.